The van der Waals surface area contributed by atoms with E-state index in [1.807, 2.05) is 36.4 Å². The Morgan fingerprint density at radius 3 is 2.19 bits per heavy atom. The van der Waals surface area contributed by atoms with Crippen LogP contribution < -0.4 is 4.74 Å². The molecule has 1 unspecified atom stereocenters. The lowest BCUT2D eigenvalue weighted by Crippen LogP contribution is -2.10. The Kier molecular flexibility index (Phi) is 4.70. The predicted octanol–water partition coefficient (Wildman–Crippen LogP) is 6.37. The van der Waals surface area contributed by atoms with Crippen LogP contribution in [0.4, 0.5) is 0 Å². The summed E-state index contributed by atoms with van der Waals surface area (Å²) < 4.78 is 6.40. The minimum Gasteiger partial charge on any atom is -0.481 e. The number of fused-ring (bicyclic) bond motifs is 1. The maximum Gasteiger partial charge on any atom is 0.149 e. The third-order valence-corrected chi connectivity index (χ3v) is 4.63. The summed E-state index contributed by atoms with van der Waals surface area (Å²) in [7, 11) is 0. The van der Waals surface area contributed by atoms with Crippen LogP contribution >= 0.6 is 0 Å². The molecular formula is C25H21O. The first kappa shape index (κ1) is 16.4. The molecule has 1 atom stereocenters. The largest absolute Gasteiger partial charge is 0.481 e. The highest BCUT2D eigenvalue weighted by molar-refractivity contribution is 5.86. The SMILES string of the molecule is CCc1[c]c(C(Oc2ccccc2)c2ccccc2)cc2ccccc12. The molecular weight excluding hydrogens is 316 g/mol. The number of ether oxygens (including phenoxy) is 1. The van der Waals surface area contributed by atoms with Gasteiger partial charge in [-0.2, -0.15) is 0 Å². The summed E-state index contributed by atoms with van der Waals surface area (Å²) in [6, 6.07) is 34.7. The Hall–Kier alpha value is -3.06. The van der Waals surface area contributed by atoms with Crippen LogP contribution in [0.3, 0.4) is 0 Å². The van der Waals surface area contributed by atoms with Gasteiger partial charge in [0.2, 0.25) is 0 Å². The van der Waals surface area contributed by atoms with Gasteiger partial charge in [-0.15, -0.1) is 0 Å². The standard InChI is InChI=1S/C25H21O/c1-2-19-17-22(18-21-13-9-10-16-24(19)21)25(20-11-5-3-6-12-20)26-23-14-7-4-8-15-23/h3-16,18,25H,2H2,1H3. The summed E-state index contributed by atoms with van der Waals surface area (Å²) >= 11 is 0. The normalized spacial score (nSPS) is 12.0. The van der Waals surface area contributed by atoms with Crippen molar-refractivity contribution in [2.24, 2.45) is 0 Å². The molecule has 1 heteroatoms. The van der Waals surface area contributed by atoms with Crippen LogP contribution in [-0.4, -0.2) is 0 Å². The van der Waals surface area contributed by atoms with Gasteiger partial charge in [0.15, 0.2) is 0 Å². The predicted molar refractivity (Wildman–Crippen MR) is 108 cm³/mol. The first-order chi connectivity index (χ1) is 12.8. The van der Waals surface area contributed by atoms with Crippen molar-refractivity contribution in [3.8, 4) is 5.75 Å². The maximum atomic E-state index is 6.40. The van der Waals surface area contributed by atoms with Crippen molar-refractivity contribution in [3.63, 3.8) is 0 Å². The molecule has 0 heterocycles. The fraction of sp³-hybridized carbons (Fsp3) is 0.120. The molecule has 0 aliphatic rings. The van der Waals surface area contributed by atoms with Gasteiger partial charge in [0, 0.05) is 5.56 Å². The third kappa shape index (κ3) is 3.34. The van der Waals surface area contributed by atoms with Crippen LogP contribution in [0.2, 0.25) is 0 Å². The van der Waals surface area contributed by atoms with E-state index in [0.29, 0.717) is 0 Å². The lowest BCUT2D eigenvalue weighted by Gasteiger charge is -2.21. The van der Waals surface area contributed by atoms with Crippen molar-refractivity contribution in [2.75, 3.05) is 0 Å². The van der Waals surface area contributed by atoms with Crippen molar-refractivity contribution in [1.29, 1.82) is 0 Å². The lowest BCUT2D eigenvalue weighted by molar-refractivity contribution is 0.247. The quantitative estimate of drug-likeness (QED) is 0.411. The number of hydrogen-bond donors (Lipinski definition) is 0. The highest BCUT2D eigenvalue weighted by Gasteiger charge is 2.18. The number of hydrogen-bond acceptors (Lipinski definition) is 1. The van der Waals surface area contributed by atoms with Gasteiger partial charge < -0.3 is 4.74 Å². The molecule has 1 nitrogen and oxygen atoms in total. The minimum absolute atomic E-state index is 0.187. The van der Waals surface area contributed by atoms with Crippen molar-refractivity contribution in [2.45, 2.75) is 19.4 Å². The van der Waals surface area contributed by atoms with E-state index in [0.717, 1.165) is 23.3 Å². The van der Waals surface area contributed by atoms with Gasteiger partial charge in [0.25, 0.3) is 0 Å². The molecule has 0 fully saturated rings. The first-order valence-electron chi connectivity index (χ1n) is 9.05. The maximum absolute atomic E-state index is 6.40. The van der Waals surface area contributed by atoms with Crippen molar-refractivity contribution < 1.29 is 4.74 Å². The Labute approximate surface area is 154 Å². The molecule has 4 aromatic rings. The molecule has 0 N–H and O–H groups in total. The van der Waals surface area contributed by atoms with Gasteiger partial charge >= 0.3 is 0 Å². The Balaban J connectivity index is 1.84. The molecule has 4 aromatic carbocycles. The van der Waals surface area contributed by atoms with Crippen LogP contribution in [0, 0.1) is 6.07 Å². The van der Waals surface area contributed by atoms with Gasteiger partial charge in [0.1, 0.15) is 11.9 Å². The molecule has 0 saturated heterocycles. The molecule has 0 bridgehead atoms. The van der Waals surface area contributed by atoms with Crippen LogP contribution in [0.15, 0.2) is 91.0 Å². The highest BCUT2D eigenvalue weighted by atomic mass is 16.5. The van der Waals surface area contributed by atoms with E-state index in [9.17, 15) is 0 Å². The van der Waals surface area contributed by atoms with Crippen LogP contribution in [-0.2, 0) is 6.42 Å². The smallest absolute Gasteiger partial charge is 0.149 e. The van der Waals surface area contributed by atoms with E-state index in [1.165, 1.54) is 16.3 Å². The summed E-state index contributed by atoms with van der Waals surface area (Å²) in [5.41, 5.74) is 3.43. The molecule has 0 spiro atoms. The molecule has 4 rings (SSSR count). The Morgan fingerprint density at radius 2 is 1.46 bits per heavy atom. The van der Waals surface area contributed by atoms with Gasteiger partial charge in [-0.25, -0.2) is 0 Å². The van der Waals surface area contributed by atoms with Gasteiger partial charge in [-0.1, -0.05) is 79.7 Å². The highest BCUT2D eigenvalue weighted by Crippen LogP contribution is 2.32. The monoisotopic (exact) mass is 337 g/mol. The van der Waals surface area contributed by atoms with E-state index in [1.54, 1.807) is 0 Å². The first-order valence-corrected chi connectivity index (χ1v) is 9.05. The molecule has 0 saturated carbocycles. The fourth-order valence-corrected chi connectivity index (χ4v) is 3.34. The summed E-state index contributed by atoms with van der Waals surface area (Å²) in [6.45, 7) is 2.18. The van der Waals surface area contributed by atoms with Crippen molar-refractivity contribution >= 4 is 10.8 Å². The molecule has 0 aliphatic carbocycles. The van der Waals surface area contributed by atoms with E-state index < -0.39 is 0 Å². The van der Waals surface area contributed by atoms with Crippen molar-refractivity contribution in [3.05, 3.63) is 114 Å². The number of rotatable bonds is 5. The van der Waals surface area contributed by atoms with Crippen LogP contribution in [0.25, 0.3) is 10.8 Å². The Bertz CT molecular complexity index is 990. The fourth-order valence-electron chi connectivity index (χ4n) is 3.34. The molecule has 26 heavy (non-hydrogen) atoms. The summed E-state index contributed by atoms with van der Waals surface area (Å²) in [6.07, 6.45) is 0.759. The minimum atomic E-state index is -0.187. The second kappa shape index (κ2) is 7.45. The van der Waals surface area contributed by atoms with Gasteiger partial charge in [-0.3, -0.25) is 0 Å². The second-order valence-electron chi connectivity index (χ2n) is 6.37. The van der Waals surface area contributed by atoms with E-state index >= 15 is 0 Å². The average molecular weight is 337 g/mol. The average Bonchev–Trinajstić information content (AvgIpc) is 2.72. The van der Waals surface area contributed by atoms with E-state index in [2.05, 4.69) is 67.6 Å². The lowest BCUT2D eigenvalue weighted by atomic mass is 9.94. The number of para-hydroxylation sites is 1. The summed E-state index contributed by atoms with van der Waals surface area (Å²) in [5, 5.41) is 2.50. The van der Waals surface area contributed by atoms with E-state index in [-0.39, 0.29) is 6.10 Å². The van der Waals surface area contributed by atoms with Crippen LogP contribution in [0.1, 0.15) is 29.7 Å². The van der Waals surface area contributed by atoms with E-state index in [4.69, 9.17) is 4.74 Å². The number of aryl methyl sites for hydroxylation is 1. The van der Waals surface area contributed by atoms with Crippen LogP contribution in [0.5, 0.6) is 5.75 Å². The van der Waals surface area contributed by atoms with Gasteiger partial charge in [0.05, 0.1) is 0 Å². The summed E-state index contributed by atoms with van der Waals surface area (Å²) in [4.78, 5) is 0. The molecule has 0 aromatic heterocycles. The molecule has 0 aliphatic heterocycles. The molecule has 1 radical (unpaired) electrons. The zero-order valence-electron chi connectivity index (χ0n) is 14.9. The zero-order valence-corrected chi connectivity index (χ0v) is 14.9. The van der Waals surface area contributed by atoms with Gasteiger partial charge in [-0.05, 0) is 52.6 Å². The second-order valence-corrected chi connectivity index (χ2v) is 6.37. The zero-order chi connectivity index (χ0) is 17.8. The molecule has 0 amide bonds. The topological polar surface area (TPSA) is 9.23 Å². The number of benzene rings is 4. The van der Waals surface area contributed by atoms with Crippen molar-refractivity contribution in [1.82, 2.24) is 0 Å². The third-order valence-electron chi connectivity index (χ3n) is 4.63. The Morgan fingerprint density at radius 1 is 0.808 bits per heavy atom. The summed E-state index contributed by atoms with van der Waals surface area (Å²) in [5.74, 6) is 0.862. The molecule has 127 valence electrons.